The molecule has 43 heavy (non-hydrogen) atoms. The Labute approximate surface area is 255 Å². The number of aromatic nitrogens is 1. The van der Waals surface area contributed by atoms with E-state index in [4.69, 9.17) is 4.74 Å². The van der Waals surface area contributed by atoms with Gasteiger partial charge in [0.15, 0.2) is 11.4 Å². The molecule has 3 heterocycles. The molecule has 2 aromatic rings. The average Bonchev–Trinajstić information content (AvgIpc) is 3.46. The maximum absolute atomic E-state index is 16.5. The quantitative estimate of drug-likeness (QED) is 0.343. The van der Waals surface area contributed by atoms with E-state index < -0.39 is 6.97 Å². The van der Waals surface area contributed by atoms with Gasteiger partial charge >= 0.3 is 6.97 Å². The molecule has 1 aromatic heterocycles. The number of rotatable bonds is 9. The Kier molecular flexibility index (Phi) is 8.99. The zero-order valence-electron chi connectivity index (χ0n) is 27.4. The van der Waals surface area contributed by atoms with E-state index in [9.17, 15) is 4.79 Å². The van der Waals surface area contributed by atoms with Gasteiger partial charge in [-0.25, -0.2) is 0 Å². The summed E-state index contributed by atoms with van der Waals surface area (Å²) in [6.07, 6.45) is 7.71. The average molecular weight is 593 g/mol. The Morgan fingerprint density at radius 1 is 1.02 bits per heavy atom. The number of aryl methyl sites for hydroxylation is 1. The SMILES string of the molecule is COc1c(C(C)(C)C)ccc(C(C)(C)C)c1/C=C/C1=[N+]2C(=Cc3ccc(CCC(=O)NCCN(C)C)n3[B-]2(F)F)C(C)=C1. The lowest BCUT2D eigenvalue weighted by atomic mass is 9.78. The monoisotopic (exact) mass is 592 g/mol. The molecule has 9 heteroatoms. The fraction of sp³-hybridized carbons (Fsp3) is 0.471. The predicted octanol–water partition coefficient (Wildman–Crippen LogP) is 6.41. The van der Waals surface area contributed by atoms with Crippen LogP contribution in [0.1, 0.15) is 83.0 Å². The first-order valence-corrected chi connectivity index (χ1v) is 15.1. The number of amides is 1. The van der Waals surface area contributed by atoms with E-state index in [-0.39, 0.29) is 29.6 Å². The van der Waals surface area contributed by atoms with Gasteiger partial charge in [-0.3, -0.25) is 4.79 Å². The maximum Gasteiger partial charge on any atom is 0.737 e. The molecular weight excluding hydrogens is 545 g/mol. The summed E-state index contributed by atoms with van der Waals surface area (Å²) in [5, 5.41) is 2.87. The number of carbonyl (C=O) groups excluding carboxylic acids is 1. The highest BCUT2D eigenvalue weighted by molar-refractivity contribution is 6.58. The predicted molar refractivity (Wildman–Crippen MR) is 174 cm³/mol. The minimum atomic E-state index is -4.20. The molecule has 2 aliphatic heterocycles. The summed E-state index contributed by atoms with van der Waals surface area (Å²) >= 11 is 0. The van der Waals surface area contributed by atoms with Crippen molar-refractivity contribution in [1.29, 1.82) is 0 Å². The number of hydrogen-bond donors (Lipinski definition) is 1. The normalized spacial score (nSPS) is 16.4. The molecule has 0 unspecified atom stereocenters. The summed E-state index contributed by atoms with van der Waals surface area (Å²) in [5.74, 6) is 0.621. The lowest BCUT2D eigenvalue weighted by Crippen LogP contribution is -2.50. The van der Waals surface area contributed by atoms with E-state index in [1.54, 1.807) is 25.3 Å². The van der Waals surface area contributed by atoms with Gasteiger partial charge in [0.25, 0.3) is 0 Å². The van der Waals surface area contributed by atoms with Gasteiger partial charge in [-0.1, -0.05) is 53.7 Å². The third-order valence-corrected chi connectivity index (χ3v) is 8.17. The van der Waals surface area contributed by atoms with Crippen molar-refractivity contribution in [2.24, 2.45) is 0 Å². The Morgan fingerprint density at radius 3 is 2.28 bits per heavy atom. The third kappa shape index (κ3) is 6.57. The Morgan fingerprint density at radius 2 is 1.67 bits per heavy atom. The molecule has 0 saturated heterocycles. The lowest BCUT2D eigenvalue weighted by molar-refractivity contribution is -0.361. The number of nitrogens with one attached hydrogen (secondary N) is 1. The fourth-order valence-corrected chi connectivity index (χ4v) is 5.96. The number of nitrogens with zero attached hydrogens (tertiary/aromatic N) is 3. The van der Waals surface area contributed by atoms with Crippen LogP contribution >= 0.6 is 0 Å². The van der Waals surface area contributed by atoms with E-state index >= 15 is 8.63 Å². The summed E-state index contributed by atoms with van der Waals surface area (Å²) in [4.78, 5) is 14.4. The van der Waals surface area contributed by atoms with Crippen molar-refractivity contribution >= 4 is 30.7 Å². The Balaban J connectivity index is 1.74. The number of carbonyl (C=O) groups is 1. The smallest absolute Gasteiger partial charge is 0.496 e. The summed E-state index contributed by atoms with van der Waals surface area (Å²) < 4.78 is 41.3. The van der Waals surface area contributed by atoms with E-state index in [0.717, 1.165) is 43.5 Å². The van der Waals surface area contributed by atoms with Gasteiger partial charge in [0.05, 0.1) is 7.11 Å². The van der Waals surface area contributed by atoms with Crippen molar-refractivity contribution in [2.45, 2.75) is 72.1 Å². The summed E-state index contributed by atoms with van der Waals surface area (Å²) in [6, 6.07) is 7.68. The number of methoxy groups -OCH3 is 1. The highest BCUT2D eigenvalue weighted by Crippen LogP contribution is 2.41. The second-order valence-corrected chi connectivity index (χ2v) is 14.0. The molecule has 6 nitrogen and oxygen atoms in total. The molecule has 0 saturated carbocycles. The van der Waals surface area contributed by atoms with Crippen LogP contribution in [-0.2, 0) is 22.0 Å². The van der Waals surface area contributed by atoms with E-state index in [2.05, 4.69) is 59.0 Å². The van der Waals surface area contributed by atoms with Crippen LogP contribution in [0, 0.1) is 0 Å². The van der Waals surface area contributed by atoms with Gasteiger partial charge in [-0.2, -0.15) is 0 Å². The number of allylic oxidation sites excluding steroid dienone is 3. The highest BCUT2D eigenvalue weighted by atomic mass is 19.2. The van der Waals surface area contributed by atoms with E-state index in [1.165, 1.54) is 0 Å². The molecule has 232 valence electrons. The van der Waals surface area contributed by atoms with Crippen molar-refractivity contribution in [3.05, 3.63) is 75.8 Å². The molecule has 1 aromatic carbocycles. The molecule has 0 bridgehead atoms. The summed E-state index contributed by atoms with van der Waals surface area (Å²) in [5.41, 5.74) is 5.28. The van der Waals surface area contributed by atoms with Crippen LogP contribution < -0.4 is 10.1 Å². The van der Waals surface area contributed by atoms with Crippen molar-refractivity contribution in [3.8, 4) is 5.75 Å². The van der Waals surface area contributed by atoms with Crippen molar-refractivity contribution < 1.29 is 22.6 Å². The van der Waals surface area contributed by atoms with Crippen molar-refractivity contribution in [2.75, 3.05) is 34.3 Å². The van der Waals surface area contributed by atoms with E-state index in [0.29, 0.717) is 29.3 Å². The number of hydrogen-bond acceptors (Lipinski definition) is 3. The highest BCUT2D eigenvalue weighted by Gasteiger charge is 2.53. The minimum Gasteiger partial charge on any atom is -0.496 e. The zero-order valence-corrected chi connectivity index (χ0v) is 27.4. The molecule has 0 aliphatic carbocycles. The maximum atomic E-state index is 16.5. The number of likely N-dealkylation sites (N-methyl/N-ethyl adjacent to an activating group) is 1. The van der Waals surface area contributed by atoms with Crippen LogP contribution in [0.15, 0.2) is 47.7 Å². The molecule has 0 fully saturated rings. The van der Waals surface area contributed by atoms with Crippen molar-refractivity contribution in [1.82, 2.24) is 14.7 Å². The topological polar surface area (TPSA) is 49.5 Å². The van der Waals surface area contributed by atoms with Crippen LogP contribution in [0.4, 0.5) is 8.63 Å². The van der Waals surface area contributed by atoms with Crippen LogP contribution in [-0.4, -0.2) is 66.7 Å². The molecule has 0 atom stereocenters. The molecule has 0 spiro atoms. The van der Waals surface area contributed by atoms with Crippen LogP contribution in [0.5, 0.6) is 5.75 Å². The van der Waals surface area contributed by atoms with Crippen LogP contribution in [0.3, 0.4) is 0 Å². The van der Waals surface area contributed by atoms with Gasteiger partial charge in [0, 0.05) is 60.1 Å². The molecule has 0 radical (unpaired) electrons. The third-order valence-electron chi connectivity index (χ3n) is 8.17. The minimum absolute atomic E-state index is 0.143. The second-order valence-electron chi connectivity index (χ2n) is 14.0. The van der Waals surface area contributed by atoms with Gasteiger partial charge in [0.1, 0.15) is 5.75 Å². The van der Waals surface area contributed by atoms with Crippen LogP contribution in [0.25, 0.3) is 12.2 Å². The molecule has 2 aliphatic rings. The van der Waals surface area contributed by atoms with E-state index in [1.807, 2.05) is 44.1 Å². The lowest BCUT2D eigenvalue weighted by Gasteiger charge is -2.31. The molecule has 1 amide bonds. The first kappa shape index (κ1) is 32.5. The van der Waals surface area contributed by atoms with Gasteiger partial charge in [-0.15, -0.1) is 0 Å². The van der Waals surface area contributed by atoms with Crippen LogP contribution in [0.2, 0.25) is 0 Å². The van der Waals surface area contributed by atoms with Gasteiger partial charge in [-0.05, 0) is 67.7 Å². The number of fused-ring (bicyclic) bond motifs is 2. The number of ether oxygens (including phenoxy) is 1. The Bertz CT molecular complexity index is 1530. The number of halogens is 2. The largest absolute Gasteiger partial charge is 0.737 e. The standard InChI is InChI=1S/C34H47BF2N4O2/c1-23-21-25(13-15-27-28(33(2,3)4)16-17-29(32(27)43-10)34(5,6)7)41-30(23)22-26-12-11-24(40(26)35(41,36)37)14-18-31(42)38-19-20-39(8)9/h11-13,15-17,21-22H,14,18-20H2,1-10H3,(H,38,42)/b15-13+. The fourth-order valence-electron chi connectivity index (χ4n) is 5.96. The molecule has 1 N–H and O–H groups in total. The second kappa shape index (κ2) is 11.9. The zero-order chi connectivity index (χ0) is 31.9. The molecule has 4 rings (SSSR count). The Hall–Kier alpha value is -3.46. The number of benzene rings is 1. The molecular formula is C34H47BF2N4O2. The summed E-state index contributed by atoms with van der Waals surface area (Å²) in [7, 11) is 5.54. The van der Waals surface area contributed by atoms with Gasteiger partial charge in [0.2, 0.25) is 5.91 Å². The first-order chi connectivity index (χ1) is 20.0. The van der Waals surface area contributed by atoms with Crippen molar-refractivity contribution in [3.63, 3.8) is 0 Å². The first-order valence-electron chi connectivity index (χ1n) is 15.1. The van der Waals surface area contributed by atoms with Gasteiger partial charge < -0.3 is 32.5 Å². The summed E-state index contributed by atoms with van der Waals surface area (Å²) in [6.45, 7) is 11.7.